The van der Waals surface area contributed by atoms with E-state index in [0.717, 1.165) is 16.1 Å². The molecule has 0 saturated carbocycles. The maximum Gasteiger partial charge on any atom is 0.288 e. The second-order valence-electron chi connectivity index (χ2n) is 10.1. The van der Waals surface area contributed by atoms with Crippen LogP contribution in [-0.4, -0.2) is 62.9 Å². The highest BCUT2D eigenvalue weighted by Crippen LogP contribution is 2.18. The second kappa shape index (κ2) is 8.91. The first kappa shape index (κ1) is 24.9. The molecule has 33 heavy (non-hydrogen) atoms. The summed E-state index contributed by atoms with van der Waals surface area (Å²) in [5.74, 6) is 0. The summed E-state index contributed by atoms with van der Waals surface area (Å²) in [7, 11) is -4.29. The summed E-state index contributed by atoms with van der Waals surface area (Å²) in [5.41, 5.74) is 1.69. The molecule has 3 aromatic heterocycles. The van der Waals surface area contributed by atoms with E-state index in [1.54, 1.807) is 9.36 Å². The molecule has 0 aliphatic carbocycles. The minimum absolute atomic E-state index is 0.194. The molecular weight excluding hydrogens is 448 g/mol. The summed E-state index contributed by atoms with van der Waals surface area (Å²) >= 11 is 0. The van der Waals surface area contributed by atoms with Crippen molar-refractivity contribution in [3.8, 4) is 0 Å². The molecule has 0 aliphatic heterocycles. The van der Waals surface area contributed by atoms with Crippen LogP contribution in [0.25, 0.3) is 0 Å². The van der Waals surface area contributed by atoms with E-state index in [1.165, 1.54) is 13.1 Å². The van der Waals surface area contributed by atoms with Gasteiger partial charge in [0.25, 0.3) is 10.1 Å². The van der Waals surface area contributed by atoms with E-state index in [-0.39, 0.29) is 11.1 Å². The van der Waals surface area contributed by atoms with Gasteiger partial charge >= 0.3 is 0 Å². The quantitative estimate of drug-likeness (QED) is 0.471. The van der Waals surface area contributed by atoms with Gasteiger partial charge in [0.05, 0.1) is 46.8 Å². The van der Waals surface area contributed by atoms with Crippen molar-refractivity contribution in [1.82, 2.24) is 49.9 Å². The zero-order valence-electron chi connectivity index (χ0n) is 20.1. The van der Waals surface area contributed by atoms with Crippen LogP contribution in [0.5, 0.6) is 0 Å². The Morgan fingerprint density at radius 1 is 0.818 bits per heavy atom. The smallest absolute Gasteiger partial charge is 0.285 e. The Morgan fingerprint density at radius 3 is 1.58 bits per heavy atom. The topological polar surface area (TPSA) is 150 Å². The van der Waals surface area contributed by atoms with Crippen LogP contribution >= 0.6 is 0 Å². The lowest BCUT2D eigenvalue weighted by molar-refractivity contribution is 0.238. The normalized spacial score (nSPS) is 14.2. The summed E-state index contributed by atoms with van der Waals surface area (Å²) in [6.45, 7) is 14.9. The first-order valence-electron chi connectivity index (χ1n) is 10.6. The molecule has 1 N–H and O–H groups in total. The fourth-order valence-corrected chi connectivity index (χ4v) is 3.33. The van der Waals surface area contributed by atoms with Gasteiger partial charge in [0.1, 0.15) is 0 Å². The van der Waals surface area contributed by atoms with Crippen molar-refractivity contribution in [3.63, 3.8) is 0 Å². The van der Waals surface area contributed by atoms with Gasteiger partial charge in [0.2, 0.25) is 0 Å². The van der Waals surface area contributed by atoms with Crippen LogP contribution in [0.15, 0.2) is 18.6 Å². The Hall–Kier alpha value is -2.71. The molecule has 14 heteroatoms. The Labute approximate surface area is 193 Å². The van der Waals surface area contributed by atoms with Gasteiger partial charge in [0.15, 0.2) is 5.37 Å². The van der Waals surface area contributed by atoms with E-state index in [0.29, 0.717) is 25.3 Å². The van der Waals surface area contributed by atoms with E-state index in [1.807, 2.05) is 58.8 Å². The van der Waals surface area contributed by atoms with Crippen molar-refractivity contribution in [2.75, 3.05) is 0 Å². The zero-order chi connectivity index (χ0) is 24.6. The number of hydrogen-bond acceptors (Lipinski definition) is 9. The molecule has 0 spiro atoms. The van der Waals surface area contributed by atoms with E-state index < -0.39 is 15.5 Å². The highest BCUT2D eigenvalue weighted by atomic mass is 32.2. The van der Waals surface area contributed by atoms with Crippen LogP contribution in [0.1, 0.15) is 70.9 Å². The number of rotatable bonds is 8. The molecule has 0 bridgehead atoms. The van der Waals surface area contributed by atoms with Crippen molar-refractivity contribution in [3.05, 3.63) is 35.7 Å². The highest BCUT2D eigenvalue weighted by molar-refractivity contribution is 7.85. The fourth-order valence-electron chi connectivity index (χ4n) is 2.95. The second-order valence-corrected chi connectivity index (χ2v) is 11.8. The molecule has 0 radical (unpaired) electrons. The molecule has 0 aliphatic rings. The molecule has 0 aromatic carbocycles. The van der Waals surface area contributed by atoms with Gasteiger partial charge in [0, 0.05) is 19.6 Å². The number of nitrogens with zero attached hydrogens (tertiary/aromatic N) is 10. The van der Waals surface area contributed by atoms with E-state index in [2.05, 4.69) is 30.9 Å². The Kier molecular flexibility index (Phi) is 6.73. The SMILES string of the molecule is CC(n1cc(CN(Cc2cn(C(C)(C)C)nn2)Cc2cn(C(C)(C)C)nn2)nn1)S(=O)(=O)O. The summed E-state index contributed by atoms with van der Waals surface area (Å²) < 4.78 is 36.9. The molecule has 0 fully saturated rings. The predicted octanol–water partition coefficient (Wildman–Crippen LogP) is 1.58. The monoisotopic (exact) mass is 480 g/mol. The summed E-state index contributed by atoms with van der Waals surface area (Å²) in [6, 6.07) is 0. The van der Waals surface area contributed by atoms with Gasteiger partial charge in [-0.25, -0.2) is 14.0 Å². The lowest BCUT2D eigenvalue weighted by atomic mass is 10.1. The van der Waals surface area contributed by atoms with Crippen molar-refractivity contribution in [2.45, 2.75) is 84.6 Å². The van der Waals surface area contributed by atoms with E-state index >= 15 is 0 Å². The first-order valence-corrected chi connectivity index (χ1v) is 12.1. The summed E-state index contributed by atoms with van der Waals surface area (Å²) in [5, 5.41) is 23.7. The Bertz CT molecular complexity index is 1130. The largest absolute Gasteiger partial charge is 0.288 e. The standard InChI is InChI=1S/C19H32N10O3S/c1-14(33(30,31)32)27-11-15(20-23-27)8-26(9-16-12-28(24-21-16)18(2,3)4)10-17-13-29(25-22-17)19(5,6)7/h11-14H,8-10H2,1-7H3,(H,30,31,32). The average Bonchev–Trinajstić information content (AvgIpc) is 3.39. The third-order valence-corrected chi connectivity index (χ3v) is 6.05. The van der Waals surface area contributed by atoms with Crippen LogP contribution in [0.2, 0.25) is 0 Å². The maximum atomic E-state index is 11.4. The van der Waals surface area contributed by atoms with Crippen molar-refractivity contribution >= 4 is 10.1 Å². The highest BCUT2D eigenvalue weighted by Gasteiger charge is 2.23. The Morgan fingerprint density at radius 2 is 1.21 bits per heavy atom. The van der Waals surface area contributed by atoms with Gasteiger partial charge in [-0.2, -0.15) is 8.42 Å². The Balaban J connectivity index is 1.83. The van der Waals surface area contributed by atoms with E-state index in [4.69, 9.17) is 0 Å². The molecule has 13 nitrogen and oxygen atoms in total. The lowest BCUT2D eigenvalue weighted by Crippen LogP contribution is -2.24. The molecule has 1 unspecified atom stereocenters. The van der Waals surface area contributed by atoms with Gasteiger partial charge in [-0.05, 0) is 48.5 Å². The first-order chi connectivity index (χ1) is 15.1. The zero-order valence-corrected chi connectivity index (χ0v) is 20.9. The summed E-state index contributed by atoms with van der Waals surface area (Å²) in [4.78, 5) is 2.04. The molecule has 3 aromatic rings. The number of hydrogen-bond donors (Lipinski definition) is 1. The van der Waals surface area contributed by atoms with Crippen molar-refractivity contribution in [1.29, 1.82) is 0 Å². The molecule has 0 saturated heterocycles. The maximum absolute atomic E-state index is 11.4. The fraction of sp³-hybridized carbons (Fsp3) is 0.684. The van der Waals surface area contributed by atoms with Crippen molar-refractivity contribution in [2.24, 2.45) is 0 Å². The molecular formula is C19H32N10O3S. The third kappa shape index (κ3) is 6.42. The van der Waals surface area contributed by atoms with Gasteiger partial charge in [-0.3, -0.25) is 9.45 Å². The van der Waals surface area contributed by atoms with Gasteiger partial charge in [-0.1, -0.05) is 15.6 Å². The van der Waals surface area contributed by atoms with Crippen LogP contribution < -0.4 is 0 Å². The molecule has 3 heterocycles. The minimum atomic E-state index is -4.29. The van der Waals surface area contributed by atoms with Gasteiger partial charge < -0.3 is 0 Å². The molecule has 1 atom stereocenters. The van der Waals surface area contributed by atoms with E-state index in [9.17, 15) is 13.0 Å². The molecule has 182 valence electrons. The minimum Gasteiger partial charge on any atom is -0.285 e. The van der Waals surface area contributed by atoms with Crippen LogP contribution in [-0.2, 0) is 40.8 Å². The van der Waals surface area contributed by atoms with Crippen LogP contribution in [0.4, 0.5) is 0 Å². The van der Waals surface area contributed by atoms with Crippen molar-refractivity contribution < 1.29 is 13.0 Å². The lowest BCUT2D eigenvalue weighted by Gasteiger charge is -2.20. The summed E-state index contributed by atoms with van der Waals surface area (Å²) in [6.07, 6.45) is 5.30. The molecule has 0 amide bonds. The van der Waals surface area contributed by atoms with Gasteiger partial charge in [-0.15, -0.1) is 15.3 Å². The third-order valence-electron chi connectivity index (χ3n) is 4.97. The predicted molar refractivity (Wildman–Crippen MR) is 119 cm³/mol. The average molecular weight is 481 g/mol. The van der Waals surface area contributed by atoms with Crippen LogP contribution in [0, 0.1) is 0 Å². The molecule has 3 rings (SSSR count). The van der Waals surface area contributed by atoms with Crippen LogP contribution in [0.3, 0.4) is 0 Å². The number of aromatic nitrogens is 9.